The molecule has 114 valence electrons. The highest BCUT2D eigenvalue weighted by Crippen LogP contribution is 2.19. The van der Waals surface area contributed by atoms with Crippen molar-refractivity contribution in [2.75, 3.05) is 20.7 Å². The van der Waals surface area contributed by atoms with Crippen LogP contribution < -0.4 is 0 Å². The monoisotopic (exact) mass is 301 g/mol. The molecular formula is C14H14F3NO3. The first kappa shape index (κ1) is 16.7. The zero-order valence-corrected chi connectivity index (χ0v) is 11.7. The number of Topliss-reactive ketones (excluding diaryl/α,β-unsaturated/α-hetero) is 1. The van der Waals surface area contributed by atoms with E-state index >= 15 is 0 Å². The van der Waals surface area contributed by atoms with E-state index in [1.54, 1.807) is 0 Å². The van der Waals surface area contributed by atoms with E-state index in [1.807, 2.05) is 0 Å². The van der Waals surface area contributed by atoms with Gasteiger partial charge >= 0.3 is 5.97 Å². The van der Waals surface area contributed by atoms with Crippen LogP contribution in [-0.4, -0.2) is 37.4 Å². The second-order valence-electron chi connectivity index (χ2n) is 4.28. The number of rotatable bonds is 5. The van der Waals surface area contributed by atoms with Gasteiger partial charge in [-0.1, -0.05) is 0 Å². The predicted molar refractivity (Wildman–Crippen MR) is 69.0 cm³/mol. The second-order valence-corrected chi connectivity index (χ2v) is 4.28. The standard InChI is InChI=1S/C14H14F3NO3/c1-4-21-14(20)9(7-18(2)3)13(19)8-5-6-10(15)12(17)11(8)16/h5-7H,4H2,1-3H3. The molecule has 1 aromatic rings. The Kier molecular flexibility index (Phi) is 5.52. The van der Waals surface area contributed by atoms with Gasteiger partial charge in [-0.15, -0.1) is 0 Å². The van der Waals surface area contributed by atoms with Crippen LogP contribution in [0.15, 0.2) is 23.9 Å². The molecule has 0 unspecified atom stereocenters. The molecule has 0 N–H and O–H groups in total. The van der Waals surface area contributed by atoms with Crippen LogP contribution in [0.4, 0.5) is 13.2 Å². The Labute approximate surface area is 119 Å². The summed E-state index contributed by atoms with van der Waals surface area (Å²) in [6, 6.07) is 1.39. The largest absolute Gasteiger partial charge is 0.462 e. The van der Waals surface area contributed by atoms with Crippen molar-refractivity contribution in [1.82, 2.24) is 4.90 Å². The summed E-state index contributed by atoms with van der Waals surface area (Å²) in [5, 5.41) is 0. The number of ketones is 1. The summed E-state index contributed by atoms with van der Waals surface area (Å²) in [4.78, 5) is 25.3. The molecule has 1 rings (SSSR count). The number of hydrogen-bond donors (Lipinski definition) is 0. The fourth-order valence-electron chi connectivity index (χ4n) is 1.52. The van der Waals surface area contributed by atoms with Gasteiger partial charge < -0.3 is 9.64 Å². The van der Waals surface area contributed by atoms with Crippen molar-refractivity contribution in [2.24, 2.45) is 0 Å². The lowest BCUT2D eigenvalue weighted by Crippen LogP contribution is -2.20. The van der Waals surface area contributed by atoms with E-state index in [1.165, 1.54) is 25.9 Å². The lowest BCUT2D eigenvalue weighted by Gasteiger charge is -2.11. The van der Waals surface area contributed by atoms with Crippen LogP contribution in [0.3, 0.4) is 0 Å². The van der Waals surface area contributed by atoms with E-state index in [0.717, 1.165) is 12.3 Å². The van der Waals surface area contributed by atoms with Crippen molar-refractivity contribution in [2.45, 2.75) is 6.92 Å². The third-order valence-corrected chi connectivity index (χ3v) is 2.41. The van der Waals surface area contributed by atoms with Gasteiger partial charge in [-0.2, -0.15) is 0 Å². The highest BCUT2D eigenvalue weighted by atomic mass is 19.2. The maximum atomic E-state index is 13.6. The molecule has 4 nitrogen and oxygen atoms in total. The van der Waals surface area contributed by atoms with Gasteiger partial charge in [0.25, 0.3) is 0 Å². The molecule has 7 heteroatoms. The third kappa shape index (κ3) is 3.84. The van der Waals surface area contributed by atoms with Crippen LogP contribution in [0.5, 0.6) is 0 Å². The first-order valence-corrected chi connectivity index (χ1v) is 6.03. The zero-order valence-electron chi connectivity index (χ0n) is 11.7. The van der Waals surface area contributed by atoms with Crippen molar-refractivity contribution in [1.29, 1.82) is 0 Å². The highest BCUT2D eigenvalue weighted by Gasteiger charge is 2.26. The number of hydrogen-bond acceptors (Lipinski definition) is 4. The molecule has 0 radical (unpaired) electrons. The molecule has 0 aliphatic rings. The smallest absolute Gasteiger partial charge is 0.343 e. The van der Waals surface area contributed by atoms with Crippen LogP contribution in [0.2, 0.25) is 0 Å². The fourth-order valence-corrected chi connectivity index (χ4v) is 1.52. The van der Waals surface area contributed by atoms with Crippen LogP contribution in [0.1, 0.15) is 17.3 Å². The molecule has 0 bridgehead atoms. The number of carbonyl (C=O) groups excluding carboxylic acids is 2. The minimum absolute atomic E-state index is 0.0111. The van der Waals surface area contributed by atoms with Crippen LogP contribution >= 0.6 is 0 Å². The Morgan fingerprint density at radius 3 is 2.33 bits per heavy atom. The molecule has 0 spiro atoms. The highest BCUT2D eigenvalue weighted by molar-refractivity contribution is 6.24. The Morgan fingerprint density at radius 2 is 1.81 bits per heavy atom. The van der Waals surface area contributed by atoms with Gasteiger partial charge in [0.2, 0.25) is 5.78 Å². The maximum Gasteiger partial charge on any atom is 0.343 e. The molecule has 21 heavy (non-hydrogen) atoms. The van der Waals surface area contributed by atoms with E-state index in [-0.39, 0.29) is 6.61 Å². The second kappa shape index (κ2) is 6.92. The first-order chi connectivity index (χ1) is 9.79. The van der Waals surface area contributed by atoms with Gasteiger partial charge in [0.05, 0.1) is 12.2 Å². The summed E-state index contributed by atoms with van der Waals surface area (Å²) in [7, 11) is 3.07. The zero-order chi connectivity index (χ0) is 16.2. The molecule has 0 saturated heterocycles. The Bertz CT molecular complexity index is 597. The number of carbonyl (C=O) groups is 2. The van der Waals surface area contributed by atoms with Crippen molar-refractivity contribution < 1.29 is 27.5 Å². The molecule has 0 atom stereocenters. The molecule has 0 aromatic heterocycles. The van der Waals surface area contributed by atoms with Crippen molar-refractivity contribution in [3.63, 3.8) is 0 Å². The lowest BCUT2D eigenvalue weighted by molar-refractivity contribution is -0.138. The molecule has 0 aliphatic heterocycles. The number of benzene rings is 1. The normalized spacial score (nSPS) is 11.2. The summed E-state index contributed by atoms with van der Waals surface area (Å²) in [5.41, 5.74) is -1.22. The van der Waals surface area contributed by atoms with Crippen molar-refractivity contribution in [3.05, 3.63) is 46.9 Å². The van der Waals surface area contributed by atoms with E-state index in [0.29, 0.717) is 6.07 Å². The van der Waals surface area contributed by atoms with Gasteiger partial charge in [-0.25, -0.2) is 18.0 Å². The van der Waals surface area contributed by atoms with E-state index in [2.05, 4.69) is 0 Å². The van der Waals surface area contributed by atoms with Crippen molar-refractivity contribution >= 4 is 11.8 Å². The number of ether oxygens (including phenoxy) is 1. The van der Waals surface area contributed by atoms with Crippen LogP contribution in [0.25, 0.3) is 0 Å². The number of halogens is 3. The lowest BCUT2D eigenvalue weighted by atomic mass is 10.0. The summed E-state index contributed by atoms with van der Waals surface area (Å²) >= 11 is 0. The predicted octanol–water partition coefficient (Wildman–Crippen LogP) is 2.30. The fraction of sp³-hybridized carbons (Fsp3) is 0.286. The average Bonchev–Trinajstić information content (AvgIpc) is 2.41. The Morgan fingerprint density at radius 1 is 1.19 bits per heavy atom. The molecule has 0 fully saturated rings. The molecule has 0 heterocycles. The van der Waals surface area contributed by atoms with Crippen molar-refractivity contribution in [3.8, 4) is 0 Å². The number of nitrogens with zero attached hydrogens (tertiary/aromatic N) is 1. The quantitative estimate of drug-likeness (QED) is 0.209. The van der Waals surface area contributed by atoms with E-state index in [9.17, 15) is 22.8 Å². The SMILES string of the molecule is CCOC(=O)C(=CN(C)C)C(=O)c1ccc(F)c(F)c1F. The minimum atomic E-state index is -1.77. The van der Waals surface area contributed by atoms with E-state index in [4.69, 9.17) is 4.74 Å². The van der Waals surface area contributed by atoms with Crippen LogP contribution in [-0.2, 0) is 9.53 Å². The Hall–Kier alpha value is -2.31. The molecular weight excluding hydrogens is 287 g/mol. The summed E-state index contributed by atoms with van der Waals surface area (Å²) in [6.45, 7) is 1.55. The van der Waals surface area contributed by atoms with Crippen LogP contribution in [0, 0.1) is 17.5 Å². The van der Waals surface area contributed by atoms with Gasteiger partial charge in [-0.3, -0.25) is 4.79 Å². The molecule has 1 aromatic carbocycles. The van der Waals surface area contributed by atoms with E-state index < -0.39 is 40.3 Å². The number of esters is 1. The molecule has 0 amide bonds. The maximum absolute atomic E-state index is 13.6. The van der Waals surface area contributed by atoms with Gasteiger partial charge in [0, 0.05) is 20.3 Å². The van der Waals surface area contributed by atoms with Gasteiger partial charge in [0.15, 0.2) is 17.5 Å². The third-order valence-electron chi connectivity index (χ3n) is 2.41. The topological polar surface area (TPSA) is 46.6 Å². The van der Waals surface area contributed by atoms with Gasteiger partial charge in [0.1, 0.15) is 5.57 Å². The average molecular weight is 301 g/mol. The first-order valence-electron chi connectivity index (χ1n) is 6.03. The Balaban J connectivity index is 3.30. The molecule has 0 aliphatic carbocycles. The van der Waals surface area contributed by atoms with Gasteiger partial charge in [-0.05, 0) is 19.1 Å². The summed E-state index contributed by atoms with van der Waals surface area (Å²) in [6.07, 6.45) is 1.13. The molecule has 0 saturated carbocycles. The minimum Gasteiger partial charge on any atom is -0.462 e. The summed E-state index contributed by atoms with van der Waals surface area (Å²) < 4.78 is 44.4. The summed E-state index contributed by atoms with van der Waals surface area (Å²) in [5.74, 6) is -6.89.